The van der Waals surface area contributed by atoms with Crippen LogP contribution in [0.15, 0.2) is 76.1 Å². The standard InChI is InChI=1S/C21H19BrN2O4S/c1-14-4-3-5-18(12-14)23-21(25)15-6-11-19(28-2)20(13-15)29(26,27)24-17-9-7-16(22)8-10-17/h3-13,24H,1-2H3,(H,23,25). The molecule has 0 radical (unpaired) electrons. The number of sulfonamides is 1. The van der Waals surface area contributed by atoms with Gasteiger partial charge in [0.1, 0.15) is 10.6 Å². The van der Waals surface area contributed by atoms with Crippen molar-refractivity contribution < 1.29 is 17.9 Å². The summed E-state index contributed by atoms with van der Waals surface area (Å²) in [6.07, 6.45) is 0. The van der Waals surface area contributed by atoms with Crippen molar-refractivity contribution in [3.05, 3.63) is 82.3 Å². The second-order valence-corrected chi connectivity index (χ2v) is 8.87. The summed E-state index contributed by atoms with van der Waals surface area (Å²) in [7, 11) is -2.60. The lowest BCUT2D eigenvalue weighted by Gasteiger charge is -2.13. The monoisotopic (exact) mass is 474 g/mol. The van der Waals surface area contributed by atoms with Gasteiger partial charge in [0.15, 0.2) is 0 Å². The number of hydrogen-bond acceptors (Lipinski definition) is 4. The van der Waals surface area contributed by atoms with Crippen LogP contribution in [-0.4, -0.2) is 21.4 Å². The van der Waals surface area contributed by atoms with Crippen molar-refractivity contribution >= 4 is 43.2 Å². The Kier molecular flexibility index (Phi) is 6.24. The van der Waals surface area contributed by atoms with Crippen molar-refractivity contribution in [2.24, 2.45) is 0 Å². The molecule has 2 N–H and O–H groups in total. The second-order valence-electron chi connectivity index (χ2n) is 6.30. The van der Waals surface area contributed by atoms with Crippen LogP contribution in [0, 0.1) is 6.92 Å². The SMILES string of the molecule is COc1ccc(C(=O)Nc2cccc(C)c2)cc1S(=O)(=O)Nc1ccc(Br)cc1. The predicted octanol–water partition coefficient (Wildman–Crippen LogP) is 4.82. The van der Waals surface area contributed by atoms with Gasteiger partial charge in [-0.25, -0.2) is 8.42 Å². The molecule has 3 rings (SSSR count). The maximum Gasteiger partial charge on any atom is 0.265 e. The third-order valence-electron chi connectivity index (χ3n) is 4.09. The highest BCUT2D eigenvalue weighted by Gasteiger charge is 2.22. The molecule has 0 aliphatic carbocycles. The van der Waals surface area contributed by atoms with Gasteiger partial charge in [0, 0.05) is 21.4 Å². The lowest BCUT2D eigenvalue weighted by atomic mass is 10.2. The van der Waals surface area contributed by atoms with Gasteiger partial charge < -0.3 is 10.1 Å². The van der Waals surface area contributed by atoms with E-state index < -0.39 is 15.9 Å². The van der Waals surface area contributed by atoms with E-state index in [1.807, 2.05) is 25.1 Å². The van der Waals surface area contributed by atoms with E-state index in [4.69, 9.17) is 4.74 Å². The molecule has 0 heterocycles. The molecule has 1 amide bonds. The summed E-state index contributed by atoms with van der Waals surface area (Å²) >= 11 is 3.31. The summed E-state index contributed by atoms with van der Waals surface area (Å²) in [5.41, 5.74) is 2.22. The number of hydrogen-bond donors (Lipinski definition) is 2. The van der Waals surface area contributed by atoms with Crippen molar-refractivity contribution in [1.82, 2.24) is 0 Å². The molecule has 0 aliphatic rings. The van der Waals surface area contributed by atoms with Crippen LogP contribution in [0.3, 0.4) is 0 Å². The highest BCUT2D eigenvalue weighted by Crippen LogP contribution is 2.28. The van der Waals surface area contributed by atoms with Crippen LogP contribution in [0.25, 0.3) is 0 Å². The summed E-state index contributed by atoms with van der Waals surface area (Å²) in [5.74, 6) is -0.278. The molecule has 29 heavy (non-hydrogen) atoms. The molecule has 0 saturated carbocycles. The van der Waals surface area contributed by atoms with E-state index in [9.17, 15) is 13.2 Å². The zero-order valence-electron chi connectivity index (χ0n) is 15.8. The fraction of sp³-hybridized carbons (Fsp3) is 0.0952. The first-order valence-corrected chi connectivity index (χ1v) is 10.9. The zero-order valence-corrected chi connectivity index (χ0v) is 18.2. The Morgan fingerprint density at radius 2 is 1.69 bits per heavy atom. The summed E-state index contributed by atoms with van der Waals surface area (Å²) in [6.45, 7) is 1.92. The van der Waals surface area contributed by atoms with Crippen LogP contribution in [0.5, 0.6) is 5.75 Å². The number of halogens is 1. The Labute approximate surface area is 178 Å². The lowest BCUT2D eigenvalue weighted by molar-refractivity contribution is 0.102. The topological polar surface area (TPSA) is 84.5 Å². The molecule has 3 aromatic rings. The number of carbonyl (C=O) groups excluding carboxylic acids is 1. The number of rotatable bonds is 6. The quantitative estimate of drug-likeness (QED) is 0.536. The Morgan fingerprint density at radius 1 is 0.966 bits per heavy atom. The van der Waals surface area contributed by atoms with Crippen molar-refractivity contribution in [3.8, 4) is 5.75 Å². The van der Waals surface area contributed by atoms with Crippen LogP contribution < -0.4 is 14.8 Å². The number of carbonyl (C=O) groups is 1. The fourth-order valence-corrected chi connectivity index (χ4v) is 4.20. The normalized spacial score (nSPS) is 11.0. The highest BCUT2D eigenvalue weighted by molar-refractivity contribution is 9.10. The molecule has 0 aromatic heterocycles. The van der Waals surface area contributed by atoms with E-state index in [1.54, 1.807) is 30.3 Å². The molecule has 0 bridgehead atoms. The average molecular weight is 475 g/mol. The second kappa shape index (κ2) is 8.67. The average Bonchev–Trinajstić information content (AvgIpc) is 2.69. The van der Waals surface area contributed by atoms with E-state index in [-0.39, 0.29) is 16.2 Å². The van der Waals surface area contributed by atoms with Gasteiger partial charge in [-0.3, -0.25) is 9.52 Å². The first kappa shape index (κ1) is 20.9. The Hall–Kier alpha value is -2.84. The molecule has 0 fully saturated rings. The minimum Gasteiger partial charge on any atom is -0.495 e. The summed E-state index contributed by atoms with van der Waals surface area (Å²) < 4.78 is 34.3. The summed E-state index contributed by atoms with van der Waals surface area (Å²) in [6, 6.07) is 18.3. The zero-order chi connectivity index (χ0) is 21.0. The van der Waals surface area contributed by atoms with Gasteiger partial charge in [-0.1, -0.05) is 28.1 Å². The molecule has 150 valence electrons. The minimum atomic E-state index is -3.97. The van der Waals surface area contributed by atoms with Crippen molar-refractivity contribution in [3.63, 3.8) is 0 Å². The van der Waals surface area contributed by atoms with Gasteiger partial charge in [0.05, 0.1) is 7.11 Å². The molecule has 0 atom stereocenters. The van der Waals surface area contributed by atoms with E-state index in [0.717, 1.165) is 10.0 Å². The molecular weight excluding hydrogens is 456 g/mol. The first-order valence-electron chi connectivity index (χ1n) is 8.63. The fourth-order valence-electron chi connectivity index (χ4n) is 2.68. The van der Waals surface area contributed by atoms with E-state index in [0.29, 0.717) is 11.4 Å². The number of aryl methyl sites for hydroxylation is 1. The molecule has 8 heteroatoms. The highest BCUT2D eigenvalue weighted by atomic mass is 79.9. The summed E-state index contributed by atoms with van der Waals surface area (Å²) in [4.78, 5) is 12.5. The third kappa shape index (κ3) is 5.16. The Morgan fingerprint density at radius 3 is 2.34 bits per heavy atom. The molecule has 6 nitrogen and oxygen atoms in total. The van der Waals surface area contributed by atoms with Crippen LogP contribution in [-0.2, 0) is 10.0 Å². The van der Waals surface area contributed by atoms with Gasteiger partial charge >= 0.3 is 0 Å². The van der Waals surface area contributed by atoms with E-state index in [2.05, 4.69) is 26.0 Å². The smallest absolute Gasteiger partial charge is 0.265 e. The predicted molar refractivity (Wildman–Crippen MR) is 117 cm³/mol. The van der Waals surface area contributed by atoms with Crippen LogP contribution in [0.1, 0.15) is 15.9 Å². The molecule has 3 aromatic carbocycles. The van der Waals surface area contributed by atoms with Crippen molar-refractivity contribution in [1.29, 1.82) is 0 Å². The largest absolute Gasteiger partial charge is 0.495 e. The van der Waals surface area contributed by atoms with Crippen molar-refractivity contribution in [2.75, 3.05) is 17.1 Å². The molecular formula is C21H19BrN2O4S. The van der Waals surface area contributed by atoms with Gasteiger partial charge in [-0.2, -0.15) is 0 Å². The Balaban J connectivity index is 1.91. The number of benzene rings is 3. The number of anilines is 2. The van der Waals surface area contributed by atoms with E-state index in [1.165, 1.54) is 25.3 Å². The lowest BCUT2D eigenvalue weighted by Crippen LogP contribution is -2.17. The van der Waals surface area contributed by atoms with Gasteiger partial charge in [-0.05, 0) is 67.1 Å². The molecule has 0 aliphatic heterocycles. The summed E-state index contributed by atoms with van der Waals surface area (Å²) in [5, 5.41) is 2.77. The van der Waals surface area contributed by atoms with E-state index >= 15 is 0 Å². The maximum absolute atomic E-state index is 12.9. The van der Waals surface area contributed by atoms with Gasteiger partial charge in [0.2, 0.25) is 0 Å². The molecule has 0 saturated heterocycles. The first-order chi connectivity index (χ1) is 13.8. The molecule has 0 spiro atoms. The minimum absolute atomic E-state index is 0.125. The molecule has 0 unspecified atom stereocenters. The Bertz CT molecular complexity index is 1150. The third-order valence-corrected chi connectivity index (χ3v) is 6.02. The maximum atomic E-state index is 12.9. The van der Waals surface area contributed by atoms with Crippen LogP contribution >= 0.6 is 15.9 Å². The number of nitrogens with one attached hydrogen (secondary N) is 2. The van der Waals surface area contributed by atoms with Gasteiger partial charge in [0.25, 0.3) is 15.9 Å². The number of amides is 1. The van der Waals surface area contributed by atoms with Crippen molar-refractivity contribution in [2.45, 2.75) is 11.8 Å². The van der Waals surface area contributed by atoms with Gasteiger partial charge in [-0.15, -0.1) is 0 Å². The number of ether oxygens (including phenoxy) is 1. The van der Waals surface area contributed by atoms with Crippen LogP contribution in [0.2, 0.25) is 0 Å². The number of methoxy groups -OCH3 is 1. The van der Waals surface area contributed by atoms with Crippen LogP contribution in [0.4, 0.5) is 11.4 Å².